The van der Waals surface area contributed by atoms with Crippen LogP contribution in [0.25, 0.3) is 0 Å². The van der Waals surface area contributed by atoms with Gasteiger partial charge in [-0.1, -0.05) is 13.8 Å². The highest BCUT2D eigenvalue weighted by atomic mass is 16.4. The lowest BCUT2D eigenvalue weighted by molar-refractivity contribution is 0.0707. The third kappa shape index (κ3) is 5.19. The second-order valence-corrected chi connectivity index (χ2v) is 6.85. The van der Waals surface area contributed by atoms with Gasteiger partial charge in [0.15, 0.2) is 11.5 Å². The second kappa shape index (κ2) is 9.82. The van der Waals surface area contributed by atoms with E-state index >= 15 is 0 Å². The van der Waals surface area contributed by atoms with Gasteiger partial charge < -0.3 is 23.6 Å². The van der Waals surface area contributed by atoms with Crippen molar-refractivity contribution in [3.05, 3.63) is 71.8 Å². The molecule has 7 nitrogen and oxygen atoms in total. The number of amides is 2. The number of nitrogens with zero attached hydrogens (tertiary/aromatic N) is 2. The minimum absolute atomic E-state index is 0.127. The standard InChI is InChI=1S/C22H27N3O4/c1-3-11-23-21(26)19-10-9-18(29-19)16-24-13-5-7-17(24)15-25(12-4-2)22(27)20-8-6-14-28-20/h5-10,13-14H,3-4,11-12,15-16H2,1-2H3,(H,23,26). The van der Waals surface area contributed by atoms with Crippen LogP contribution in [0.3, 0.4) is 0 Å². The smallest absolute Gasteiger partial charge is 0.289 e. The molecule has 0 aliphatic rings. The van der Waals surface area contributed by atoms with E-state index in [4.69, 9.17) is 8.83 Å². The van der Waals surface area contributed by atoms with E-state index in [1.54, 1.807) is 23.1 Å². The maximum atomic E-state index is 12.7. The summed E-state index contributed by atoms with van der Waals surface area (Å²) in [6.07, 6.45) is 5.17. The van der Waals surface area contributed by atoms with Crippen LogP contribution >= 0.6 is 0 Å². The molecule has 0 radical (unpaired) electrons. The van der Waals surface area contributed by atoms with E-state index in [9.17, 15) is 9.59 Å². The van der Waals surface area contributed by atoms with Crippen LogP contribution in [0, 0.1) is 0 Å². The van der Waals surface area contributed by atoms with Gasteiger partial charge in [0, 0.05) is 25.0 Å². The predicted octanol–water partition coefficient (Wildman–Crippen LogP) is 3.91. The fourth-order valence-corrected chi connectivity index (χ4v) is 3.10. The average molecular weight is 397 g/mol. The highest BCUT2D eigenvalue weighted by molar-refractivity contribution is 5.91. The number of hydrogen-bond acceptors (Lipinski definition) is 4. The first-order valence-electron chi connectivity index (χ1n) is 9.96. The van der Waals surface area contributed by atoms with Gasteiger partial charge in [0.25, 0.3) is 11.8 Å². The molecule has 0 aliphatic heterocycles. The maximum Gasteiger partial charge on any atom is 0.289 e. The number of furan rings is 2. The summed E-state index contributed by atoms with van der Waals surface area (Å²) in [6.45, 7) is 6.24. The molecule has 0 unspecified atom stereocenters. The summed E-state index contributed by atoms with van der Waals surface area (Å²) in [5, 5.41) is 2.81. The average Bonchev–Trinajstić information content (AvgIpc) is 3.48. The number of carbonyl (C=O) groups is 2. The van der Waals surface area contributed by atoms with Crippen molar-refractivity contribution in [1.82, 2.24) is 14.8 Å². The quantitative estimate of drug-likeness (QED) is 0.562. The lowest BCUT2D eigenvalue weighted by Crippen LogP contribution is -2.31. The van der Waals surface area contributed by atoms with Crippen LogP contribution in [-0.2, 0) is 13.1 Å². The van der Waals surface area contributed by atoms with Gasteiger partial charge in [0.1, 0.15) is 5.76 Å². The van der Waals surface area contributed by atoms with Crippen molar-refractivity contribution < 1.29 is 18.4 Å². The van der Waals surface area contributed by atoms with Crippen LogP contribution in [0.1, 0.15) is 59.3 Å². The molecule has 0 spiro atoms. The first-order chi connectivity index (χ1) is 14.1. The monoisotopic (exact) mass is 397 g/mol. The van der Waals surface area contributed by atoms with Crippen molar-refractivity contribution >= 4 is 11.8 Å². The molecule has 0 aromatic carbocycles. The molecular weight excluding hydrogens is 370 g/mol. The normalized spacial score (nSPS) is 10.8. The minimum atomic E-state index is -0.205. The first kappa shape index (κ1) is 20.5. The van der Waals surface area contributed by atoms with E-state index in [2.05, 4.69) is 5.32 Å². The maximum absolute atomic E-state index is 12.7. The third-order valence-corrected chi connectivity index (χ3v) is 4.54. The van der Waals surface area contributed by atoms with Crippen molar-refractivity contribution in [3.63, 3.8) is 0 Å². The fourth-order valence-electron chi connectivity index (χ4n) is 3.10. The SMILES string of the molecule is CCCNC(=O)c1ccc(Cn2cccc2CN(CCC)C(=O)c2ccco2)o1. The molecule has 3 aromatic heterocycles. The van der Waals surface area contributed by atoms with Gasteiger partial charge in [-0.2, -0.15) is 0 Å². The Bertz CT molecular complexity index is 924. The highest BCUT2D eigenvalue weighted by Gasteiger charge is 2.19. The summed E-state index contributed by atoms with van der Waals surface area (Å²) in [5.74, 6) is 0.998. The largest absolute Gasteiger partial charge is 0.459 e. The molecule has 0 saturated carbocycles. The lowest BCUT2D eigenvalue weighted by atomic mass is 10.3. The molecule has 3 aromatic rings. The van der Waals surface area contributed by atoms with Crippen LogP contribution in [0.5, 0.6) is 0 Å². The van der Waals surface area contributed by atoms with E-state index < -0.39 is 0 Å². The first-order valence-corrected chi connectivity index (χ1v) is 9.96. The molecule has 0 fully saturated rings. The molecule has 7 heteroatoms. The Morgan fingerprint density at radius 1 is 1.07 bits per heavy atom. The van der Waals surface area contributed by atoms with Crippen LogP contribution in [0.2, 0.25) is 0 Å². The minimum Gasteiger partial charge on any atom is -0.459 e. The van der Waals surface area contributed by atoms with Gasteiger partial charge in [-0.05, 0) is 49.2 Å². The fraction of sp³-hybridized carbons (Fsp3) is 0.364. The highest BCUT2D eigenvalue weighted by Crippen LogP contribution is 2.15. The van der Waals surface area contributed by atoms with Crippen molar-refractivity contribution in [2.24, 2.45) is 0 Å². The van der Waals surface area contributed by atoms with Gasteiger partial charge in [-0.15, -0.1) is 0 Å². The van der Waals surface area contributed by atoms with E-state index in [1.807, 2.05) is 42.8 Å². The van der Waals surface area contributed by atoms with E-state index in [-0.39, 0.29) is 11.8 Å². The van der Waals surface area contributed by atoms with Gasteiger partial charge in [-0.3, -0.25) is 9.59 Å². The summed E-state index contributed by atoms with van der Waals surface area (Å²) in [6, 6.07) is 10.8. The number of rotatable bonds is 10. The summed E-state index contributed by atoms with van der Waals surface area (Å²) in [4.78, 5) is 26.5. The van der Waals surface area contributed by atoms with Crippen LogP contribution in [0.15, 0.2) is 57.7 Å². The van der Waals surface area contributed by atoms with Crippen LogP contribution < -0.4 is 5.32 Å². The predicted molar refractivity (Wildman–Crippen MR) is 109 cm³/mol. The number of hydrogen-bond donors (Lipinski definition) is 1. The molecule has 3 heterocycles. The lowest BCUT2D eigenvalue weighted by Gasteiger charge is -2.22. The zero-order valence-electron chi connectivity index (χ0n) is 16.9. The Hall–Kier alpha value is -3.22. The molecular formula is C22H27N3O4. The summed E-state index contributed by atoms with van der Waals surface area (Å²) >= 11 is 0. The zero-order valence-corrected chi connectivity index (χ0v) is 16.9. The Balaban J connectivity index is 1.69. The van der Waals surface area contributed by atoms with E-state index in [0.717, 1.165) is 18.5 Å². The molecule has 1 N–H and O–H groups in total. The number of aromatic nitrogens is 1. The molecule has 2 amide bonds. The number of carbonyl (C=O) groups excluding carboxylic acids is 2. The molecule has 0 saturated heterocycles. The van der Waals surface area contributed by atoms with Crippen molar-refractivity contribution in [1.29, 1.82) is 0 Å². The van der Waals surface area contributed by atoms with Crippen LogP contribution in [0.4, 0.5) is 0 Å². The molecule has 154 valence electrons. The Morgan fingerprint density at radius 2 is 1.93 bits per heavy atom. The Morgan fingerprint density at radius 3 is 2.66 bits per heavy atom. The molecule has 3 rings (SSSR count). The second-order valence-electron chi connectivity index (χ2n) is 6.85. The Labute approximate surface area is 170 Å². The van der Waals surface area contributed by atoms with E-state index in [1.165, 1.54) is 6.26 Å². The van der Waals surface area contributed by atoms with Gasteiger partial charge in [0.2, 0.25) is 0 Å². The zero-order chi connectivity index (χ0) is 20.6. The van der Waals surface area contributed by atoms with Gasteiger partial charge in [-0.25, -0.2) is 0 Å². The Kier molecular flexibility index (Phi) is 6.94. The van der Waals surface area contributed by atoms with Gasteiger partial charge in [0.05, 0.1) is 19.4 Å². The third-order valence-electron chi connectivity index (χ3n) is 4.54. The molecule has 0 bridgehead atoms. The summed E-state index contributed by atoms with van der Waals surface area (Å²) < 4.78 is 13.0. The summed E-state index contributed by atoms with van der Waals surface area (Å²) in [5.41, 5.74) is 0.978. The van der Waals surface area contributed by atoms with Crippen molar-refractivity contribution in [3.8, 4) is 0 Å². The van der Waals surface area contributed by atoms with Crippen LogP contribution in [-0.4, -0.2) is 34.4 Å². The summed E-state index contributed by atoms with van der Waals surface area (Å²) in [7, 11) is 0. The molecule has 29 heavy (non-hydrogen) atoms. The number of nitrogens with one attached hydrogen (secondary N) is 1. The topological polar surface area (TPSA) is 80.6 Å². The van der Waals surface area contributed by atoms with Gasteiger partial charge >= 0.3 is 0 Å². The van der Waals surface area contributed by atoms with Crippen molar-refractivity contribution in [2.45, 2.75) is 39.8 Å². The molecule has 0 atom stereocenters. The van der Waals surface area contributed by atoms with E-state index in [0.29, 0.717) is 43.5 Å². The van der Waals surface area contributed by atoms with Crippen molar-refractivity contribution in [2.75, 3.05) is 13.1 Å². The molecule has 0 aliphatic carbocycles.